The molecule has 6 rings (SSSR count). The molecule has 28 nitrogen and oxygen atoms in total. The van der Waals surface area contributed by atoms with E-state index < -0.39 is 116 Å². The van der Waals surface area contributed by atoms with E-state index in [2.05, 4.69) is 47.1 Å². The van der Waals surface area contributed by atoms with Crippen LogP contribution in [-0.2, 0) is 59.7 Å². The quantitative estimate of drug-likeness (QED) is 0.0147. The van der Waals surface area contributed by atoms with Crippen molar-refractivity contribution in [3.05, 3.63) is 107 Å². The average Bonchev–Trinajstić information content (AvgIpc) is 1.46. The zero-order valence-electron chi connectivity index (χ0n) is 48.6. The Morgan fingerprint density at radius 2 is 1.20 bits per heavy atom. The molecule has 2 aliphatic heterocycles. The van der Waals surface area contributed by atoms with Crippen LogP contribution in [0.5, 0.6) is 28.7 Å². The van der Waals surface area contributed by atoms with Crippen molar-refractivity contribution >= 4 is 84.1 Å². The predicted molar refractivity (Wildman–Crippen MR) is 320 cm³/mol. The summed E-state index contributed by atoms with van der Waals surface area (Å²) in [5.74, 6) is -7.63. The molecule has 2 heterocycles. The Morgan fingerprint density at radius 3 is 1.76 bits per heavy atom. The summed E-state index contributed by atoms with van der Waals surface area (Å²) in [5.41, 5.74) is 11.7. The first-order valence-electron chi connectivity index (χ1n) is 28.1. The highest BCUT2D eigenvalue weighted by Gasteiger charge is 2.54. The van der Waals surface area contributed by atoms with Gasteiger partial charge in [0.1, 0.15) is 59.0 Å². The van der Waals surface area contributed by atoms with Crippen molar-refractivity contribution in [2.24, 2.45) is 23.3 Å². The maximum atomic E-state index is 14.3. The second-order valence-electron chi connectivity index (χ2n) is 21.9. The molecule has 0 saturated heterocycles. The minimum atomic E-state index is -4.95. The molecule has 30 heteroatoms. The number of fused-ring (bicyclic) bond motifs is 6. The maximum absolute atomic E-state index is 14.3. The van der Waals surface area contributed by atoms with Crippen molar-refractivity contribution in [1.29, 1.82) is 0 Å². The Balaban J connectivity index is 1.05. The van der Waals surface area contributed by atoms with E-state index in [9.17, 15) is 72.8 Å². The van der Waals surface area contributed by atoms with Crippen LogP contribution in [0.15, 0.2) is 78.9 Å². The molecule has 8 amide bonds. The molecule has 1 spiro atoms. The van der Waals surface area contributed by atoms with E-state index in [1.54, 1.807) is 44.2 Å². The van der Waals surface area contributed by atoms with E-state index in [0.29, 0.717) is 53.7 Å². The number of phenols is 2. The Labute approximate surface area is 511 Å². The largest absolute Gasteiger partial charge is 0.524 e. The molecule has 4 aromatic carbocycles. The van der Waals surface area contributed by atoms with Crippen molar-refractivity contribution in [1.82, 2.24) is 37.2 Å². The summed E-state index contributed by atoms with van der Waals surface area (Å²) in [7, 11) is -4.95. The molecule has 0 aromatic heterocycles. The van der Waals surface area contributed by atoms with Crippen LogP contribution in [0.4, 0.5) is 5.69 Å². The van der Waals surface area contributed by atoms with Crippen molar-refractivity contribution in [2.45, 2.75) is 121 Å². The second-order valence-corrected chi connectivity index (χ2v) is 23.5. The molecule has 2 aliphatic rings. The first-order valence-corrected chi connectivity index (χ1v) is 30.1. The van der Waals surface area contributed by atoms with Gasteiger partial charge in [-0.2, -0.15) is 0 Å². The van der Waals surface area contributed by atoms with Crippen LogP contribution in [0.2, 0.25) is 0 Å². The van der Waals surface area contributed by atoms with Gasteiger partial charge in [-0.05, 0) is 110 Å². The number of carbonyl (C=O) groups is 9. The molecule has 0 aliphatic carbocycles. The normalized spacial score (nSPS) is 14.4. The number of nitrogens with two attached hydrogens (primary N) is 2. The smallest absolute Gasteiger partial charge is 0.508 e. The van der Waals surface area contributed by atoms with Crippen LogP contribution < -0.4 is 63.3 Å². The van der Waals surface area contributed by atoms with E-state index >= 15 is 0 Å². The van der Waals surface area contributed by atoms with Crippen LogP contribution >= 0.6 is 20.0 Å². The highest BCUT2D eigenvalue weighted by atomic mass is 32.1. The van der Waals surface area contributed by atoms with E-state index in [0.717, 1.165) is 0 Å². The standard InChI is InChI=1S/C58H73N10O18PS/c1-30(2)22-42(64-49(73)8-6-5-7-21-61-57(88)63-33-11-16-38-37(25-33)56(80)85-58(38)39-17-12-34(70)26-46(39)84-47-27-35(71)13-18-40(47)58)53(77)67-44(24-32-9-14-36(15-10-32)86-87(81,82)83)55(79)66-41(19-20-48(59)72)52(76)62-28-50(74)65-43(23-31(3)4)54(78)68-45(29-69)51(60)75/h9-18,25-27,30-31,41-45,69-71H,5-8,19-24,28-29H2,1-4H3,(H2,59,72)(H2,60,75)(H,62,76)(H,64,73)(H,65,74)(H,66,79)(H,67,77)(H,68,78)(H2,61,63,88)(H2,81,82,83)/t41-,42-,43-,44-,45-/m0/s1. The summed E-state index contributed by atoms with van der Waals surface area (Å²) in [6.45, 7) is 5.95. The molecule has 88 heavy (non-hydrogen) atoms. The number of primary amides is 2. The third-order valence-electron chi connectivity index (χ3n) is 13.9. The van der Waals surface area contributed by atoms with E-state index in [1.807, 2.05) is 13.8 Å². The summed E-state index contributed by atoms with van der Waals surface area (Å²) in [6.07, 6.45) is 0.595. The molecule has 0 saturated carbocycles. The van der Waals surface area contributed by atoms with Gasteiger partial charge in [0.25, 0.3) is 0 Å². The fourth-order valence-corrected chi connectivity index (χ4v) is 10.4. The summed E-state index contributed by atoms with van der Waals surface area (Å²) in [4.78, 5) is 137. The van der Waals surface area contributed by atoms with Gasteiger partial charge in [-0.25, -0.2) is 9.36 Å². The molecule has 0 fully saturated rings. The number of hydrogen-bond acceptors (Lipinski definition) is 17. The summed E-state index contributed by atoms with van der Waals surface area (Å²) >= 11 is 5.55. The SMILES string of the molecule is CC(C)C[C@H](NC(=O)CNC(=O)[C@H](CCC(N)=O)NC(=O)[C@H](Cc1ccc(OP(=O)(O)O)cc1)NC(=O)[C@H](CC(C)C)NC(=O)CCCCCNC(=S)Nc1ccc2c(c1)C(=O)OC21c2ccc(O)cc2Oc2cc(O)ccc21)C(=O)N[C@@H](CO)C(N)=O. The lowest BCUT2D eigenvalue weighted by Crippen LogP contribution is -2.58. The van der Waals surface area contributed by atoms with Crippen LogP contribution in [0, 0.1) is 11.8 Å². The first-order chi connectivity index (χ1) is 41.5. The highest BCUT2D eigenvalue weighted by Crippen LogP contribution is 2.57. The van der Waals surface area contributed by atoms with Gasteiger partial charge in [-0.15, -0.1) is 0 Å². The number of phosphoric ester groups is 1. The Morgan fingerprint density at radius 1 is 0.648 bits per heavy atom. The summed E-state index contributed by atoms with van der Waals surface area (Å²) in [5, 5.41) is 51.3. The third-order valence-corrected chi connectivity index (χ3v) is 14.6. The number of thiocarbonyl (C=S) groups is 1. The number of aliphatic hydroxyl groups is 1. The fourth-order valence-electron chi connectivity index (χ4n) is 9.80. The lowest BCUT2D eigenvalue weighted by atomic mass is 9.77. The molecule has 0 bridgehead atoms. The van der Waals surface area contributed by atoms with Gasteiger partial charge in [0.2, 0.25) is 47.3 Å². The number of unbranched alkanes of at least 4 members (excludes halogenated alkanes) is 2. The molecule has 5 atom stereocenters. The number of anilines is 1. The number of rotatable bonds is 31. The third kappa shape index (κ3) is 19.1. The number of carbonyl (C=O) groups excluding carboxylic acids is 9. The highest BCUT2D eigenvalue weighted by molar-refractivity contribution is 7.80. The number of aliphatic hydroxyl groups excluding tert-OH is 1. The van der Waals surface area contributed by atoms with Gasteiger partial charge in [-0.1, -0.05) is 52.3 Å². The molecular formula is C58H73N10O18PS. The van der Waals surface area contributed by atoms with Gasteiger partial charge in [0.05, 0.1) is 18.7 Å². The van der Waals surface area contributed by atoms with Crippen molar-refractivity contribution in [2.75, 3.05) is 25.0 Å². The zero-order chi connectivity index (χ0) is 64.6. The Bertz CT molecular complexity index is 3270. The molecule has 17 N–H and O–H groups in total. The molecule has 0 radical (unpaired) electrons. The monoisotopic (exact) mass is 1260 g/mol. The maximum Gasteiger partial charge on any atom is 0.524 e. The van der Waals surface area contributed by atoms with E-state index in [4.69, 9.17) is 33.2 Å². The van der Waals surface area contributed by atoms with Crippen LogP contribution in [0.3, 0.4) is 0 Å². The van der Waals surface area contributed by atoms with Gasteiger partial charge in [0.15, 0.2) is 10.7 Å². The number of esters is 1. The molecule has 474 valence electrons. The van der Waals surface area contributed by atoms with E-state index in [-0.39, 0.29) is 83.4 Å². The number of nitrogens with one attached hydrogen (secondary N) is 8. The van der Waals surface area contributed by atoms with Gasteiger partial charge < -0.3 is 83.3 Å². The van der Waals surface area contributed by atoms with E-state index in [1.165, 1.54) is 48.5 Å². The molecule has 0 unspecified atom stereocenters. The number of phosphoric acid groups is 1. The van der Waals surface area contributed by atoms with Gasteiger partial charge >= 0.3 is 13.8 Å². The Hall–Kier alpha value is -8.89. The lowest BCUT2D eigenvalue weighted by Gasteiger charge is -2.36. The minimum Gasteiger partial charge on any atom is -0.508 e. The number of amides is 8. The molecule has 4 aromatic rings. The van der Waals surface area contributed by atoms with Crippen molar-refractivity contribution in [3.8, 4) is 28.7 Å². The molecular weight excluding hydrogens is 1190 g/mol. The first kappa shape index (κ1) is 68.2. The number of ether oxygens (including phenoxy) is 2. The number of hydrogen-bond donors (Lipinski definition) is 15. The average molecular weight is 1260 g/mol. The predicted octanol–water partition coefficient (Wildman–Crippen LogP) is 1.60. The van der Waals surface area contributed by atoms with Crippen LogP contribution in [0.1, 0.15) is 112 Å². The lowest BCUT2D eigenvalue weighted by molar-refractivity contribution is -0.134. The number of benzene rings is 4. The topological polar surface area (TPSA) is 448 Å². The second kappa shape index (κ2) is 30.6. The van der Waals surface area contributed by atoms with Gasteiger partial charge in [-0.3, -0.25) is 48.1 Å². The van der Waals surface area contributed by atoms with Crippen LogP contribution in [0.25, 0.3) is 0 Å². The summed E-state index contributed by atoms with van der Waals surface area (Å²) < 4.78 is 28.3. The van der Waals surface area contributed by atoms with Crippen molar-refractivity contribution in [3.63, 3.8) is 0 Å². The Kier molecular flexibility index (Phi) is 23.8. The van der Waals surface area contributed by atoms with Crippen molar-refractivity contribution < 1.29 is 86.8 Å². The zero-order valence-corrected chi connectivity index (χ0v) is 50.3. The number of phenolic OH excluding ortho intramolecular Hbond substituents is 2. The minimum absolute atomic E-state index is 0.00731. The van der Waals surface area contributed by atoms with Crippen LogP contribution in [-0.4, -0.2) is 133 Å². The summed E-state index contributed by atoms with van der Waals surface area (Å²) in [6, 6.07) is 12.2. The fraction of sp³-hybridized carbons (Fsp3) is 0.414. The number of aromatic hydroxyl groups is 2. The van der Waals surface area contributed by atoms with Gasteiger partial charge in [0, 0.05) is 60.3 Å².